The summed E-state index contributed by atoms with van der Waals surface area (Å²) >= 11 is 5.19. The van der Waals surface area contributed by atoms with Gasteiger partial charge in [-0.05, 0) is 55.0 Å². The lowest BCUT2D eigenvalue weighted by Gasteiger charge is -2.29. The van der Waals surface area contributed by atoms with Gasteiger partial charge in [-0.3, -0.25) is 19.8 Å². The molecule has 2 aromatic carbocycles. The molecule has 0 aliphatic carbocycles. The number of nitrogens with zero attached hydrogens (tertiary/aromatic N) is 1. The lowest BCUT2D eigenvalue weighted by molar-refractivity contribution is -0.122. The number of amides is 2. The lowest BCUT2D eigenvalue weighted by Crippen LogP contribution is -2.54. The Bertz CT molecular complexity index is 966. The molecule has 0 atom stereocenters. The molecule has 1 fully saturated rings. The topological polar surface area (TPSA) is 67.9 Å². The maximum absolute atomic E-state index is 12.9. The van der Waals surface area contributed by atoms with Crippen LogP contribution in [0, 0.1) is 6.92 Å². The van der Waals surface area contributed by atoms with Crippen LogP contribution in [0.3, 0.4) is 0 Å². The first-order valence-electron chi connectivity index (χ1n) is 7.91. The molecule has 0 saturated carbocycles. The molecule has 2 aliphatic rings. The van der Waals surface area contributed by atoms with E-state index in [-0.39, 0.29) is 17.5 Å². The van der Waals surface area contributed by atoms with Crippen LogP contribution in [-0.2, 0) is 9.59 Å². The quantitative estimate of drug-likeness (QED) is 0.503. The first-order chi connectivity index (χ1) is 12.5. The SMILES string of the molecule is Cc1ccc(N2C(=O)/C(=C\c3ccc4c(c3)OCO4)C(=O)NC2=S)cc1. The van der Waals surface area contributed by atoms with Crippen LogP contribution in [0.15, 0.2) is 48.0 Å². The molecule has 130 valence electrons. The van der Waals surface area contributed by atoms with E-state index >= 15 is 0 Å². The number of hydrogen-bond acceptors (Lipinski definition) is 5. The Morgan fingerprint density at radius 1 is 1.08 bits per heavy atom. The van der Waals surface area contributed by atoms with Crippen molar-refractivity contribution >= 4 is 40.9 Å². The number of anilines is 1. The average Bonchev–Trinajstić information content (AvgIpc) is 3.08. The smallest absolute Gasteiger partial charge is 0.270 e. The minimum Gasteiger partial charge on any atom is -0.454 e. The number of benzene rings is 2. The average molecular weight is 366 g/mol. The van der Waals surface area contributed by atoms with E-state index in [2.05, 4.69) is 5.32 Å². The zero-order valence-electron chi connectivity index (χ0n) is 13.8. The highest BCUT2D eigenvalue weighted by molar-refractivity contribution is 7.80. The second-order valence-corrected chi connectivity index (χ2v) is 6.29. The molecular weight excluding hydrogens is 352 g/mol. The molecule has 2 aromatic rings. The molecule has 2 amide bonds. The third kappa shape index (κ3) is 2.82. The van der Waals surface area contributed by atoms with Gasteiger partial charge in [0.2, 0.25) is 6.79 Å². The Hall–Kier alpha value is -3.19. The Kier molecular flexibility index (Phi) is 3.93. The molecular formula is C19H14N2O4S. The van der Waals surface area contributed by atoms with Crippen LogP contribution >= 0.6 is 12.2 Å². The molecule has 1 saturated heterocycles. The summed E-state index contributed by atoms with van der Waals surface area (Å²) < 4.78 is 10.6. The fourth-order valence-electron chi connectivity index (χ4n) is 2.76. The summed E-state index contributed by atoms with van der Waals surface area (Å²) in [5.41, 5.74) is 2.31. The predicted octanol–water partition coefficient (Wildman–Crippen LogP) is 2.56. The molecule has 26 heavy (non-hydrogen) atoms. The highest BCUT2D eigenvalue weighted by atomic mass is 32.1. The first kappa shape index (κ1) is 16.3. The van der Waals surface area contributed by atoms with Gasteiger partial charge < -0.3 is 9.47 Å². The van der Waals surface area contributed by atoms with Gasteiger partial charge in [0, 0.05) is 0 Å². The van der Waals surface area contributed by atoms with Crippen LogP contribution in [0.25, 0.3) is 6.08 Å². The molecule has 4 rings (SSSR count). The normalized spacial score (nSPS) is 17.7. The minimum atomic E-state index is -0.527. The molecule has 0 spiro atoms. The van der Waals surface area contributed by atoms with Gasteiger partial charge in [0.15, 0.2) is 16.6 Å². The summed E-state index contributed by atoms with van der Waals surface area (Å²) in [5.74, 6) is 0.212. The van der Waals surface area contributed by atoms with E-state index < -0.39 is 11.8 Å². The maximum Gasteiger partial charge on any atom is 0.270 e. The summed E-state index contributed by atoms with van der Waals surface area (Å²) in [6.45, 7) is 2.11. The van der Waals surface area contributed by atoms with Crippen molar-refractivity contribution in [1.29, 1.82) is 0 Å². The number of nitrogens with one attached hydrogen (secondary N) is 1. The van der Waals surface area contributed by atoms with Gasteiger partial charge in [0.25, 0.3) is 11.8 Å². The van der Waals surface area contributed by atoms with Crippen molar-refractivity contribution < 1.29 is 19.1 Å². The number of hydrogen-bond donors (Lipinski definition) is 1. The fraction of sp³-hybridized carbons (Fsp3) is 0.105. The number of aryl methyl sites for hydroxylation is 1. The molecule has 0 bridgehead atoms. The highest BCUT2D eigenvalue weighted by Crippen LogP contribution is 2.33. The van der Waals surface area contributed by atoms with E-state index in [1.807, 2.05) is 19.1 Å². The summed E-state index contributed by atoms with van der Waals surface area (Å²) in [6.07, 6.45) is 1.52. The second kappa shape index (κ2) is 6.27. The third-order valence-corrected chi connectivity index (χ3v) is 4.39. The Balaban J connectivity index is 1.71. The Morgan fingerprint density at radius 3 is 2.58 bits per heavy atom. The first-order valence-corrected chi connectivity index (χ1v) is 8.31. The number of ether oxygens (including phenoxy) is 2. The molecule has 1 N–H and O–H groups in total. The van der Waals surface area contributed by atoms with Crippen molar-refractivity contribution in [1.82, 2.24) is 5.32 Å². The van der Waals surface area contributed by atoms with Crippen LogP contribution in [-0.4, -0.2) is 23.7 Å². The Morgan fingerprint density at radius 2 is 1.81 bits per heavy atom. The van der Waals surface area contributed by atoms with Crippen LogP contribution in [0.4, 0.5) is 5.69 Å². The molecule has 0 aromatic heterocycles. The van der Waals surface area contributed by atoms with Gasteiger partial charge in [0.05, 0.1) is 5.69 Å². The summed E-state index contributed by atoms with van der Waals surface area (Å²) in [6, 6.07) is 12.5. The van der Waals surface area contributed by atoms with E-state index in [1.165, 1.54) is 11.0 Å². The van der Waals surface area contributed by atoms with Crippen molar-refractivity contribution in [2.75, 3.05) is 11.7 Å². The van der Waals surface area contributed by atoms with Gasteiger partial charge in [-0.1, -0.05) is 23.8 Å². The standard InChI is InChI=1S/C19H14N2O4S/c1-11-2-5-13(6-3-11)21-18(23)14(17(22)20-19(21)26)8-12-4-7-15-16(9-12)25-10-24-15/h2-9H,10H2,1H3,(H,20,22,26)/b14-8-. The van der Waals surface area contributed by atoms with Gasteiger partial charge >= 0.3 is 0 Å². The van der Waals surface area contributed by atoms with Crippen molar-refractivity contribution in [3.8, 4) is 11.5 Å². The Labute approximate surface area is 155 Å². The number of carbonyl (C=O) groups is 2. The van der Waals surface area contributed by atoms with Crippen molar-refractivity contribution in [3.63, 3.8) is 0 Å². The highest BCUT2D eigenvalue weighted by Gasteiger charge is 2.34. The van der Waals surface area contributed by atoms with Gasteiger partial charge in [-0.15, -0.1) is 0 Å². The van der Waals surface area contributed by atoms with Crippen LogP contribution in [0.5, 0.6) is 11.5 Å². The van der Waals surface area contributed by atoms with Crippen molar-refractivity contribution in [2.45, 2.75) is 6.92 Å². The summed E-state index contributed by atoms with van der Waals surface area (Å²) in [7, 11) is 0. The third-order valence-electron chi connectivity index (χ3n) is 4.10. The monoisotopic (exact) mass is 366 g/mol. The van der Waals surface area contributed by atoms with Gasteiger partial charge in [-0.2, -0.15) is 0 Å². The lowest BCUT2D eigenvalue weighted by atomic mass is 10.1. The van der Waals surface area contributed by atoms with Crippen LogP contribution in [0.2, 0.25) is 0 Å². The summed E-state index contributed by atoms with van der Waals surface area (Å²) in [5, 5.41) is 2.63. The van der Waals surface area contributed by atoms with E-state index in [1.54, 1.807) is 30.3 Å². The maximum atomic E-state index is 12.9. The van der Waals surface area contributed by atoms with E-state index in [4.69, 9.17) is 21.7 Å². The predicted molar refractivity (Wildman–Crippen MR) is 99.9 cm³/mol. The zero-order valence-corrected chi connectivity index (χ0v) is 14.6. The fourth-order valence-corrected chi connectivity index (χ4v) is 3.04. The van der Waals surface area contributed by atoms with E-state index in [0.717, 1.165) is 5.56 Å². The molecule has 0 unspecified atom stereocenters. The molecule has 0 radical (unpaired) electrons. The van der Waals surface area contributed by atoms with Crippen LogP contribution < -0.4 is 19.7 Å². The number of rotatable bonds is 2. The van der Waals surface area contributed by atoms with Crippen molar-refractivity contribution in [2.24, 2.45) is 0 Å². The zero-order chi connectivity index (χ0) is 18.3. The molecule has 2 heterocycles. The number of fused-ring (bicyclic) bond motifs is 1. The largest absolute Gasteiger partial charge is 0.454 e. The summed E-state index contributed by atoms with van der Waals surface area (Å²) in [4.78, 5) is 26.6. The second-order valence-electron chi connectivity index (χ2n) is 5.91. The number of thiocarbonyl (C=S) groups is 1. The van der Waals surface area contributed by atoms with E-state index in [0.29, 0.717) is 22.7 Å². The molecule has 2 aliphatic heterocycles. The minimum absolute atomic E-state index is 0.00181. The van der Waals surface area contributed by atoms with Gasteiger partial charge in [0.1, 0.15) is 5.57 Å². The number of carbonyl (C=O) groups excluding carboxylic acids is 2. The van der Waals surface area contributed by atoms with Gasteiger partial charge in [-0.25, -0.2) is 0 Å². The van der Waals surface area contributed by atoms with E-state index in [9.17, 15) is 9.59 Å². The van der Waals surface area contributed by atoms with Crippen LogP contribution in [0.1, 0.15) is 11.1 Å². The molecule has 6 nitrogen and oxygen atoms in total. The molecule has 7 heteroatoms. The van der Waals surface area contributed by atoms with Crippen molar-refractivity contribution in [3.05, 3.63) is 59.2 Å².